The van der Waals surface area contributed by atoms with Gasteiger partial charge in [0.25, 0.3) is 0 Å². The summed E-state index contributed by atoms with van der Waals surface area (Å²) in [5.74, 6) is 4.94. The first-order valence-corrected chi connectivity index (χ1v) is 12.7. The zero-order valence-corrected chi connectivity index (χ0v) is 19.3. The van der Waals surface area contributed by atoms with E-state index >= 15 is 0 Å². The van der Waals surface area contributed by atoms with Crippen LogP contribution in [0, 0.1) is 46.3 Å². The number of aliphatic hydroxyl groups excluding tert-OH is 1. The first-order valence-electron chi connectivity index (χ1n) is 12.7. The van der Waals surface area contributed by atoms with E-state index in [1.165, 1.54) is 51.4 Å². The molecule has 0 bridgehead atoms. The number of allylic oxidation sites excluding steroid dienone is 1. The third kappa shape index (κ3) is 3.10. The van der Waals surface area contributed by atoms with Gasteiger partial charge in [-0.1, -0.05) is 39.3 Å². The van der Waals surface area contributed by atoms with E-state index < -0.39 is 0 Å². The molecule has 0 unspecified atom stereocenters. The van der Waals surface area contributed by atoms with E-state index in [2.05, 4.69) is 33.8 Å². The van der Waals surface area contributed by atoms with Crippen molar-refractivity contribution in [3.05, 3.63) is 11.6 Å². The van der Waals surface area contributed by atoms with Crippen molar-refractivity contribution in [2.45, 2.75) is 98.0 Å². The second kappa shape index (κ2) is 7.21. The van der Waals surface area contributed by atoms with E-state index in [-0.39, 0.29) is 6.10 Å². The number of rotatable bonds is 2. The zero-order valence-electron chi connectivity index (χ0n) is 19.3. The Morgan fingerprint density at radius 2 is 1.90 bits per heavy atom. The monoisotopic (exact) mass is 397 g/mol. The van der Waals surface area contributed by atoms with Gasteiger partial charge in [-0.15, -0.1) is 0 Å². The van der Waals surface area contributed by atoms with Crippen LogP contribution in [0.2, 0.25) is 0 Å². The minimum atomic E-state index is -0.0876. The maximum Gasteiger partial charge on any atom is 0.0577 e. The highest BCUT2D eigenvalue weighted by atomic mass is 16.3. The summed E-state index contributed by atoms with van der Waals surface area (Å²) in [6.45, 7) is 11.2. The molecule has 0 amide bonds. The van der Waals surface area contributed by atoms with Crippen LogP contribution in [0.5, 0.6) is 0 Å². The molecule has 0 aromatic rings. The fourth-order valence-corrected chi connectivity index (χ4v) is 8.95. The second-order valence-corrected chi connectivity index (χ2v) is 12.1. The molecule has 9 atom stereocenters. The lowest BCUT2D eigenvalue weighted by Crippen LogP contribution is -2.51. The Hall–Kier alpha value is -0.630. The van der Waals surface area contributed by atoms with Crippen LogP contribution < -0.4 is 0 Å². The molecular weight excluding hydrogens is 354 g/mol. The van der Waals surface area contributed by atoms with Crippen LogP contribution in [0.3, 0.4) is 0 Å². The van der Waals surface area contributed by atoms with Gasteiger partial charge in [-0.3, -0.25) is 4.99 Å². The Kier molecular flexibility index (Phi) is 5.04. The van der Waals surface area contributed by atoms with Crippen LogP contribution in [-0.4, -0.2) is 23.5 Å². The predicted octanol–water partition coefficient (Wildman–Crippen LogP) is 6.43. The first kappa shape index (κ1) is 20.3. The Labute approximate surface area is 178 Å². The van der Waals surface area contributed by atoms with E-state index in [9.17, 15) is 5.11 Å². The average Bonchev–Trinajstić information content (AvgIpc) is 3.06. The lowest BCUT2D eigenvalue weighted by molar-refractivity contribution is -0.0532. The minimum absolute atomic E-state index is 0.0876. The second-order valence-electron chi connectivity index (χ2n) is 12.1. The van der Waals surface area contributed by atoms with Crippen molar-refractivity contribution in [2.24, 2.45) is 51.3 Å². The lowest BCUT2D eigenvalue weighted by Gasteiger charge is -2.58. The molecule has 5 aliphatic rings. The van der Waals surface area contributed by atoms with Gasteiger partial charge < -0.3 is 5.11 Å². The number of aliphatic hydroxyl groups is 1. The summed E-state index contributed by atoms with van der Waals surface area (Å²) in [7, 11) is 0. The van der Waals surface area contributed by atoms with Crippen molar-refractivity contribution in [1.82, 2.24) is 0 Å². The molecule has 3 fully saturated rings. The molecule has 2 nitrogen and oxygen atoms in total. The maximum atomic E-state index is 10.2. The van der Waals surface area contributed by atoms with Crippen molar-refractivity contribution in [3.63, 3.8) is 0 Å². The van der Waals surface area contributed by atoms with Crippen LogP contribution in [0.25, 0.3) is 0 Å². The van der Waals surface area contributed by atoms with E-state index in [0.29, 0.717) is 16.7 Å². The molecule has 0 aromatic heterocycles. The van der Waals surface area contributed by atoms with Gasteiger partial charge in [0.15, 0.2) is 0 Å². The third-order valence-corrected chi connectivity index (χ3v) is 10.8. The summed E-state index contributed by atoms with van der Waals surface area (Å²) in [4.78, 5) is 5.06. The molecule has 3 saturated carbocycles. The molecule has 4 aliphatic carbocycles. The molecule has 1 N–H and O–H groups in total. The Morgan fingerprint density at radius 1 is 1.07 bits per heavy atom. The van der Waals surface area contributed by atoms with Crippen LogP contribution >= 0.6 is 0 Å². The van der Waals surface area contributed by atoms with Crippen molar-refractivity contribution in [2.75, 3.05) is 6.54 Å². The molecule has 162 valence electrons. The van der Waals surface area contributed by atoms with E-state index in [4.69, 9.17) is 4.99 Å². The summed E-state index contributed by atoms with van der Waals surface area (Å²) >= 11 is 0. The van der Waals surface area contributed by atoms with Crippen molar-refractivity contribution < 1.29 is 5.11 Å². The number of aliphatic imine (C=N–C) groups is 1. The molecule has 5 rings (SSSR count). The van der Waals surface area contributed by atoms with E-state index in [1.54, 1.807) is 11.3 Å². The lowest BCUT2D eigenvalue weighted by atomic mass is 9.47. The third-order valence-electron chi connectivity index (χ3n) is 10.8. The Bertz CT molecular complexity index is 709. The number of hydrogen-bond donors (Lipinski definition) is 1. The van der Waals surface area contributed by atoms with Crippen molar-refractivity contribution >= 4 is 5.71 Å². The minimum Gasteiger partial charge on any atom is -0.393 e. The van der Waals surface area contributed by atoms with Crippen molar-refractivity contribution in [3.8, 4) is 0 Å². The van der Waals surface area contributed by atoms with Gasteiger partial charge in [-0.05, 0) is 111 Å². The van der Waals surface area contributed by atoms with Gasteiger partial charge in [-0.25, -0.2) is 0 Å². The molecular formula is C27H43NO. The highest BCUT2D eigenvalue weighted by Crippen LogP contribution is 2.67. The SMILES string of the molecule is C[C@@H]1CCC([C@H](C)[C@@H]2CC[C@@H]3[C@H]4CC=C5C[C@@H](O)CC[C@@]5(C)[C@@H]4CC[C@@]32C)=NC1. The zero-order chi connectivity index (χ0) is 20.4. The van der Waals surface area contributed by atoms with Crippen LogP contribution in [0.15, 0.2) is 16.6 Å². The predicted molar refractivity (Wildman–Crippen MR) is 121 cm³/mol. The summed E-state index contributed by atoms with van der Waals surface area (Å²) in [6.07, 6.45) is 15.2. The molecule has 1 heterocycles. The topological polar surface area (TPSA) is 32.6 Å². The first-order chi connectivity index (χ1) is 13.8. The molecule has 2 heteroatoms. The maximum absolute atomic E-state index is 10.2. The average molecular weight is 398 g/mol. The van der Waals surface area contributed by atoms with Gasteiger partial charge in [0.2, 0.25) is 0 Å². The molecule has 1 aliphatic heterocycles. The van der Waals surface area contributed by atoms with Gasteiger partial charge in [-0.2, -0.15) is 0 Å². The molecule has 0 radical (unpaired) electrons. The van der Waals surface area contributed by atoms with E-state index in [1.807, 2.05) is 0 Å². The largest absolute Gasteiger partial charge is 0.393 e. The van der Waals surface area contributed by atoms with Crippen LogP contribution in [0.1, 0.15) is 91.9 Å². The molecule has 0 saturated heterocycles. The molecule has 0 aromatic carbocycles. The molecule has 29 heavy (non-hydrogen) atoms. The quantitative estimate of drug-likeness (QED) is 0.535. The van der Waals surface area contributed by atoms with Crippen molar-refractivity contribution in [1.29, 1.82) is 0 Å². The fraction of sp³-hybridized carbons (Fsp3) is 0.889. The normalized spacial score (nSPS) is 50.7. The number of fused-ring (bicyclic) bond motifs is 5. The van der Waals surface area contributed by atoms with Gasteiger partial charge >= 0.3 is 0 Å². The van der Waals surface area contributed by atoms with E-state index in [0.717, 1.165) is 49.0 Å². The highest BCUT2D eigenvalue weighted by Gasteiger charge is 2.59. The van der Waals surface area contributed by atoms with Crippen LogP contribution in [0.4, 0.5) is 0 Å². The fourth-order valence-electron chi connectivity index (χ4n) is 8.95. The number of hydrogen-bond acceptors (Lipinski definition) is 2. The Balaban J connectivity index is 1.38. The summed E-state index contributed by atoms with van der Waals surface area (Å²) in [6, 6.07) is 0. The standard InChI is InChI=1S/C27H43NO/c1-17-5-10-25(28-16-17)18(2)22-8-9-23-21-7-6-19-15-20(29)11-13-26(19,3)24(21)12-14-27(22,23)4/h6,17-18,20-24,29H,5,7-16H2,1-4H3/t17-,18-,20+,21-,22+,23-,24-,26-,27-/m1/s1. The Morgan fingerprint density at radius 3 is 2.66 bits per heavy atom. The summed E-state index contributed by atoms with van der Waals surface area (Å²) in [5.41, 5.74) is 4.05. The summed E-state index contributed by atoms with van der Waals surface area (Å²) < 4.78 is 0. The van der Waals surface area contributed by atoms with Gasteiger partial charge in [0, 0.05) is 12.3 Å². The smallest absolute Gasteiger partial charge is 0.0577 e. The summed E-state index contributed by atoms with van der Waals surface area (Å²) in [5, 5.41) is 10.2. The van der Waals surface area contributed by atoms with Crippen LogP contribution in [-0.2, 0) is 0 Å². The number of nitrogens with zero attached hydrogens (tertiary/aromatic N) is 1. The van der Waals surface area contributed by atoms with Gasteiger partial charge in [0.05, 0.1) is 6.10 Å². The van der Waals surface area contributed by atoms with Gasteiger partial charge in [0.1, 0.15) is 0 Å². The highest BCUT2D eigenvalue weighted by molar-refractivity contribution is 5.87. The molecule has 0 spiro atoms.